The van der Waals surface area contributed by atoms with Gasteiger partial charge in [-0.25, -0.2) is 13.2 Å². The molecule has 3 rings (SSSR count). The van der Waals surface area contributed by atoms with Crippen LogP contribution in [0.4, 0.5) is 0 Å². The van der Waals surface area contributed by atoms with Gasteiger partial charge in [0.2, 0.25) is 5.78 Å². The second kappa shape index (κ2) is 7.79. The summed E-state index contributed by atoms with van der Waals surface area (Å²) in [6.07, 6.45) is 0.565. The van der Waals surface area contributed by atoms with Gasteiger partial charge in [0.15, 0.2) is 16.4 Å². The van der Waals surface area contributed by atoms with Gasteiger partial charge >= 0.3 is 5.97 Å². The van der Waals surface area contributed by atoms with Crippen LogP contribution in [0.3, 0.4) is 0 Å². The van der Waals surface area contributed by atoms with Crippen molar-refractivity contribution in [2.24, 2.45) is 0 Å². The second-order valence-corrected chi connectivity index (χ2v) is 9.17. The highest BCUT2D eigenvalue weighted by molar-refractivity contribution is 7.91. The first-order valence-electron chi connectivity index (χ1n) is 8.95. The zero-order chi connectivity index (χ0) is 20.5. The maximum absolute atomic E-state index is 12.6. The number of methoxy groups -OCH3 is 1. The Balaban J connectivity index is 1.70. The molecule has 150 valence electrons. The van der Waals surface area contributed by atoms with E-state index in [1.54, 1.807) is 30.3 Å². The first-order chi connectivity index (χ1) is 13.2. The molecule has 0 N–H and O–H groups in total. The monoisotopic (exact) mass is 405 g/mol. The molecule has 0 saturated carbocycles. The normalized spacial score (nSPS) is 18.0. The van der Waals surface area contributed by atoms with Crippen LogP contribution in [0.25, 0.3) is 0 Å². The van der Waals surface area contributed by atoms with E-state index in [1.807, 2.05) is 18.4 Å². The van der Waals surface area contributed by atoms with Crippen molar-refractivity contribution in [3.8, 4) is 5.75 Å². The molecule has 0 unspecified atom stereocenters. The zero-order valence-electron chi connectivity index (χ0n) is 16.1. The van der Waals surface area contributed by atoms with Crippen molar-refractivity contribution in [3.05, 3.63) is 52.8 Å². The Morgan fingerprint density at radius 3 is 2.43 bits per heavy atom. The van der Waals surface area contributed by atoms with Crippen molar-refractivity contribution in [1.29, 1.82) is 0 Å². The molecule has 28 heavy (non-hydrogen) atoms. The Morgan fingerprint density at radius 1 is 1.18 bits per heavy atom. The van der Waals surface area contributed by atoms with E-state index in [-0.39, 0.29) is 29.9 Å². The molecule has 8 heteroatoms. The van der Waals surface area contributed by atoms with Gasteiger partial charge < -0.3 is 14.0 Å². The number of nitrogens with zero attached hydrogens (tertiary/aromatic N) is 1. The summed E-state index contributed by atoms with van der Waals surface area (Å²) in [6.45, 7) is 3.56. The van der Waals surface area contributed by atoms with Gasteiger partial charge in [0.25, 0.3) is 0 Å². The van der Waals surface area contributed by atoms with E-state index < -0.39 is 15.8 Å². The first-order valence-corrected chi connectivity index (χ1v) is 10.8. The van der Waals surface area contributed by atoms with Gasteiger partial charge in [0, 0.05) is 23.0 Å². The fraction of sp³-hybridized carbons (Fsp3) is 0.400. The lowest BCUT2D eigenvalue weighted by molar-refractivity contribution is 0.0600. The fourth-order valence-corrected chi connectivity index (χ4v) is 5.33. The van der Waals surface area contributed by atoms with Crippen LogP contribution < -0.4 is 4.74 Å². The summed E-state index contributed by atoms with van der Waals surface area (Å²) in [5.74, 6) is 0.140. The topological polar surface area (TPSA) is 91.7 Å². The van der Waals surface area contributed by atoms with Crippen molar-refractivity contribution in [2.75, 3.05) is 25.2 Å². The third kappa shape index (κ3) is 4.11. The molecule has 0 amide bonds. The SMILES string of the molecule is COC(=O)c1ccc(OCC(=O)c2cc(C)n([C@H]3CCS(=O)(=O)C3)c2C)cc1. The molecule has 1 aromatic carbocycles. The van der Waals surface area contributed by atoms with Crippen LogP contribution in [0.1, 0.15) is 44.6 Å². The number of rotatable bonds is 6. The van der Waals surface area contributed by atoms with Crippen LogP contribution in [-0.2, 0) is 14.6 Å². The summed E-state index contributed by atoms with van der Waals surface area (Å²) in [5.41, 5.74) is 2.56. The van der Waals surface area contributed by atoms with E-state index in [0.717, 1.165) is 11.4 Å². The van der Waals surface area contributed by atoms with Crippen molar-refractivity contribution >= 4 is 21.6 Å². The summed E-state index contributed by atoms with van der Waals surface area (Å²) >= 11 is 0. The molecule has 2 aromatic rings. The molecule has 0 spiro atoms. The molecule has 2 heterocycles. The maximum Gasteiger partial charge on any atom is 0.337 e. The van der Waals surface area contributed by atoms with E-state index in [1.165, 1.54) is 7.11 Å². The minimum absolute atomic E-state index is 0.111. The highest BCUT2D eigenvalue weighted by atomic mass is 32.2. The maximum atomic E-state index is 12.6. The molecule has 0 aliphatic carbocycles. The Kier molecular flexibility index (Phi) is 5.60. The number of esters is 1. The van der Waals surface area contributed by atoms with Gasteiger partial charge in [-0.1, -0.05) is 0 Å². The van der Waals surface area contributed by atoms with Crippen LogP contribution >= 0.6 is 0 Å². The number of sulfone groups is 1. The summed E-state index contributed by atoms with van der Waals surface area (Å²) in [6, 6.07) is 8.00. The van der Waals surface area contributed by atoms with Crippen LogP contribution in [0.2, 0.25) is 0 Å². The van der Waals surface area contributed by atoms with Crippen molar-refractivity contribution in [2.45, 2.75) is 26.3 Å². The third-order valence-corrected chi connectivity index (χ3v) is 6.75. The average molecular weight is 405 g/mol. The molecular formula is C20H23NO6S. The summed E-state index contributed by atoms with van der Waals surface area (Å²) in [7, 11) is -1.70. The quantitative estimate of drug-likeness (QED) is 0.542. The third-order valence-electron chi connectivity index (χ3n) is 5.00. The number of carbonyl (C=O) groups excluding carboxylic acids is 2. The Labute approximate surface area is 164 Å². The molecule has 1 aliphatic rings. The minimum Gasteiger partial charge on any atom is -0.485 e. The van der Waals surface area contributed by atoms with Gasteiger partial charge in [-0.2, -0.15) is 0 Å². The number of ether oxygens (including phenoxy) is 2. The van der Waals surface area contributed by atoms with Gasteiger partial charge in [-0.3, -0.25) is 4.79 Å². The average Bonchev–Trinajstić information content (AvgIpc) is 3.17. The highest BCUT2D eigenvalue weighted by Gasteiger charge is 2.31. The number of aromatic nitrogens is 1. The molecule has 0 bridgehead atoms. The smallest absolute Gasteiger partial charge is 0.337 e. The van der Waals surface area contributed by atoms with Gasteiger partial charge in [-0.15, -0.1) is 0 Å². The largest absolute Gasteiger partial charge is 0.485 e. The highest BCUT2D eigenvalue weighted by Crippen LogP contribution is 2.29. The summed E-state index contributed by atoms with van der Waals surface area (Å²) in [4.78, 5) is 24.1. The zero-order valence-corrected chi connectivity index (χ0v) is 16.9. The number of hydrogen-bond acceptors (Lipinski definition) is 6. The number of benzene rings is 1. The van der Waals surface area contributed by atoms with Crippen LogP contribution in [-0.4, -0.2) is 50.0 Å². The fourth-order valence-electron chi connectivity index (χ4n) is 3.63. The lowest BCUT2D eigenvalue weighted by atomic mass is 10.1. The van der Waals surface area contributed by atoms with Crippen LogP contribution in [0, 0.1) is 13.8 Å². The second-order valence-electron chi connectivity index (χ2n) is 6.94. The van der Waals surface area contributed by atoms with Crippen molar-refractivity contribution in [3.63, 3.8) is 0 Å². The van der Waals surface area contributed by atoms with Gasteiger partial charge in [-0.05, 0) is 50.6 Å². The van der Waals surface area contributed by atoms with Crippen LogP contribution in [0.15, 0.2) is 30.3 Å². The van der Waals surface area contributed by atoms with Gasteiger partial charge in [0.1, 0.15) is 5.75 Å². The molecule has 1 fully saturated rings. The lowest BCUT2D eigenvalue weighted by Gasteiger charge is -2.16. The first kappa shape index (κ1) is 20.1. The van der Waals surface area contributed by atoms with Crippen molar-refractivity contribution in [1.82, 2.24) is 4.57 Å². The van der Waals surface area contributed by atoms with E-state index >= 15 is 0 Å². The molecule has 1 atom stereocenters. The van der Waals surface area contributed by atoms with Gasteiger partial charge in [0.05, 0.1) is 24.2 Å². The van der Waals surface area contributed by atoms with E-state index in [0.29, 0.717) is 23.3 Å². The van der Waals surface area contributed by atoms with E-state index in [2.05, 4.69) is 4.74 Å². The van der Waals surface area contributed by atoms with Crippen molar-refractivity contribution < 1.29 is 27.5 Å². The predicted molar refractivity (Wildman–Crippen MR) is 104 cm³/mol. The number of carbonyl (C=O) groups is 2. The molecule has 1 saturated heterocycles. The summed E-state index contributed by atoms with van der Waals surface area (Å²) < 4.78 is 35.7. The number of aryl methyl sites for hydroxylation is 1. The molecule has 1 aromatic heterocycles. The summed E-state index contributed by atoms with van der Waals surface area (Å²) in [5, 5.41) is 0. The standard InChI is InChI=1S/C20H23NO6S/c1-13-10-18(14(2)21(13)16-8-9-28(24,25)12-16)19(22)11-27-17-6-4-15(5-7-17)20(23)26-3/h4-7,10,16H,8-9,11-12H2,1-3H3/t16-/m0/s1. The Hall–Kier alpha value is -2.61. The molecular weight excluding hydrogens is 382 g/mol. The number of hydrogen-bond donors (Lipinski definition) is 0. The lowest BCUT2D eigenvalue weighted by Crippen LogP contribution is -2.16. The van der Waals surface area contributed by atoms with Crippen LogP contribution in [0.5, 0.6) is 5.75 Å². The van der Waals surface area contributed by atoms with E-state index in [4.69, 9.17) is 4.74 Å². The Morgan fingerprint density at radius 2 is 1.86 bits per heavy atom. The van der Waals surface area contributed by atoms with E-state index in [9.17, 15) is 18.0 Å². The Bertz CT molecular complexity index is 1000. The number of ketones is 1. The molecule has 1 aliphatic heterocycles. The molecule has 7 nitrogen and oxygen atoms in total. The predicted octanol–water partition coefficient (Wildman–Crippen LogP) is 2.51. The molecule has 0 radical (unpaired) electrons. The number of Topliss-reactive ketones (excluding diaryl/α,β-unsaturated/α-hetero) is 1. The minimum atomic E-state index is -3.01.